The Morgan fingerprint density at radius 3 is 2.68 bits per heavy atom. The van der Waals surface area contributed by atoms with Crippen LogP contribution in [0, 0.1) is 5.92 Å². The fourth-order valence-electron chi connectivity index (χ4n) is 4.84. The van der Waals surface area contributed by atoms with Crippen LogP contribution in [-0.2, 0) is 17.6 Å². The van der Waals surface area contributed by atoms with Gasteiger partial charge in [0, 0.05) is 56.8 Å². The molecule has 0 aromatic heterocycles. The van der Waals surface area contributed by atoms with Gasteiger partial charge in [0.05, 0.1) is 6.54 Å². The molecule has 2 aromatic rings. The van der Waals surface area contributed by atoms with Gasteiger partial charge in [-0.05, 0) is 43.9 Å². The molecule has 6 nitrogen and oxygen atoms in total. The number of halogens is 1. The lowest BCUT2D eigenvalue weighted by Gasteiger charge is -2.26. The molecule has 1 saturated heterocycles. The fraction of sp³-hybridized carbons (Fsp3) is 0.481. The first-order chi connectivity index (χ1) is 16.1. The highest BCUT2D eigenvalue weighted by atomic mass is 127. The van der Waals surface area contributed by atoms with Crippen LogP contribution < -0.4 is 15.5 Å². The van der Waals surface area contributed by atoms with E-state index in [1.165, 1.54) is 16.8 Å². The number of guanidine groups is 1. The topological polar surface area (TPSA) is 60.0 Å². The van der Waals surface area contributed by atoms with Crippen molar-refractivity contribution in [1.82, 2.24) is 15.5 Å². The van der Waals surface area contributed by atoms with Crippen LogP contribution in [0.25, 0.3) is 0 Å². The second kappa shape index (κ2) is 13.0. The first kappa shape index (κ1) is 26.3. The van der Waals surface area contributed by atoms with Crippen LogP contribution in [0.5, 0.6) is 0 Å². The van der Waals surface area contributed by atoms with Gasteiger partial charge < -0.3 is 20.4 Å². The zero-order valence-corrected chi connectivity index (χ0v) is 22.7. The molecule has 1 amide bonds. The molecule has 2 unspecified atom stereocenters. The van der Waals surface area contributed by atoms with E-state index in [0.29, 0.717) is 18.4 Å². The molecule has 7 heteroatoms. The standard InChI is InChI=1S/C27H37N5O.HI/c1-3-28-27(29-18-21(2)32-16-14-24-11-7-8-12-25(24)32)30-19-23-17-26(33)31(20-23)15-13-22-9-5-4-6-10-22;/h4-12,21,23H,3,13-20H2,1-2H3,(H2,28,29,30);1H. The third-order valence-corrected chi connectivity index (χ3v) is 6.68. The SMILES string of the molecule is CCNC(=NCC(C)N1CCc2ccccc21)NCC1CC(=O)N(CCc2ccccc2)C1.I. The summed E-state index contributed by atoms with van der Waals surface area (Å²) in [6.45, 7) is 9.32. The van der Waals surface area contributed by atoms with Crippen LogP contribution in [0.1, 0.15) is 31.4 Å². The number of rotatable bonds is 9. The van der Waals surface area contributed by atoms with Gasteiger partial charge in [0.2, 0.25) is 5.91 Å². The number of carbonyl (C=O) groups excluding carboxylic acids is 1. The highest BCUT2D eigenvalue weighted by molar-refractivity contribution is 14.0. The number of anilines is 1. The van der Waals surface area contributed by atoms with E-state index in [4.69, 9.17) is 4.99 Å². The Balaban J connectivity index is 0.00000324. The Bertz CT molecular complexity index is 951. The van der Waals surface area contributed by atoms with E-state index in [1.807, 2.05) is 11.0 Å². The first-order valence-corrected chi connectivity index (χ1v) is 12.3. The highest BCUT2D eigenvalue weighted by Crippen LogP contribution is 2.29. The van der Waals surface area contributed by atoms with E-state index in [-0.39, 0.29) is 29.9 Å². The average Bonchev–Trinajstić information content (AvgIpc) is 3.43. The van der Waals surface area contributed by atoms with Crippen molar-refractivity contribution < 1.29 is 4.79 Å². The number of hydrogen-bond acceptors (Lipinski definition) is 3. The van der Waals surface area contributed by atoms with Crippen LogP contribution in [0.15, 0.2) is 59.6 Å². The summed E-state index contributed by atoms with van der Waals surface area (Å²) in [7, 11) is 0. The minimum atomic E-state index is 0. The lowest BCUT2D eigenvalue weighted by atomic mass is 10.1. The number of carbonyl (C=O) groups is 1. The predicted molar refractivity (Wildman–Crippen MR) is 151 cm³/mol. The predicted octanol–water partition coefficient (Wildman–Crippen LogP) is 3.70. The molecule has 2 aliphatic heterocycles. The van der Waals surface area contributed by atoms with Crippen LogP contribution in [0.3, 0.4) is 0 Å². The zero-order chi connectivity index (χ0) is 23.0. The van der Waals surface area contributed by atoms with Crippen LogP contribution in [0.4, 0.5) is 5.69 Å². The molecule has 0 radical (unpaired) electrons. The number of likely N-dealkylation sites (tertiary alicyclic amines) is 1. The Labute approximate surface area is 221 Å². The minimum Gasteiger partial charge on any atom is -0.366 e. The Kier molecular flexibility index (Phi) is 10.0. The van der Waals surface area contributed by atoms with Crippen LogP contribution >= 0.6 is 24.0 Å². The number of hydrogen-bond donors (Lipinski definition) is 2. The maximum Gasteiger partial charge on any atom is 0.223 e. The number of nitrogens with zero attached hydrogens (tertiary/aromatic N) is 3. The number of amides is 1. The highest BCUT2D eigenvalue weighted by Gasteiger charge is 2.29. The summed E-state index contributed by atoms with van der Waals surface area (Å²) in [4.78, 5) is 21.8. The number of fused-ring (bicyclic) bond motifs is 1. The number of benzene rings is 2. The zero-order valence-electron chi connectivity index (χ0n) is 20.4. The second-order valence-corrected chi connectivity index (χ2v) is 9.17. The molecule has 2 aromatic carbocycles. The lowest BCUT2D eigenvalue weighted by Crippen LogP contribution is -2.42. The molecule has 0 spiro atoms. The molecular formula is C27H38IN5O. The molecule has 2 N–H and O–H groups in total. The molecule has 184 valence electrons. The van der Waals surface area contributed by atoms with Crippen molar-refractivity contribution in [3.8, 4) is 0 Å². The van der Waals surface area contributed by atoms with Gasteiger partial charge in [0.25, 0.3) is 0 Å². The summed E-state index contributed by atoms with van der Waals surface area (Å²) < 4.78 is 0. The van der Waals surface area contributed by atoms with Crippen molar-refractivity contribution in [1.29, 1.82) is 0 Å². The monoisotopic (exact) mass is 575 g/mol. The molecular weight excluding hydrogens is 537 g/mol. The van der Waals surface area contributed by atoms with Gasteiger partial charge in [-0.2, -0.15) is 0 Å². The number of aliphatic imine (C=N–C) groups is 1. The summed E-state index contributed by atoms with van der Waals surface area (Å²) >= 11 is 0. The van der Waals surface area contributed by atoms with Gasteiger partial charge in [0.1, 0.15) is 0 Å². The van der Waals surface area contributed by atoms with Crippen molar-refractivity contribution in [2.45, 2.75) is 39.2 Å². The van der Waals surface area contributed by atoms with Gasteiger partial charge in [-0.1, -0.05) is 48.5 Å². The third kappa shape index (κ3) is 6.87. The molecule has 4 rings (SSSR count). The van der Waals surface area contributed by atoms with Crippen molar-refractivity contribution >= 4 is 41.5 Å². The van der Waals surface area contributed by atoms with Gasteiger partial charge >= 0.3 is 0 Å². The number of nitrogens with one attached hydrogen (secondary N) is 2. The summed E-state index contributed by atoms with van der Waals surface area (Å²) in [6, 6.07) is 19.4. The van der Waals surface area contributed by atoms with Crippen LogP contribution in [-0.4, -0.2) is 62.1 Å². The maximum absolute atomic E-state index is 12.5. The molecule has 34 heavy (non-hydrogen) atoms. The van der Waals surface area contributed by atoms with Crippen molar-refractivity contribution in [2.75, 3.05) is 44.2 Å². The van der Waals surface area contributed by atoms with E-state index in [1.54, 1.807) is 0 Å². The van der Waals surface area contributed by atoms with Crippen LogP contribution in [0.2, 0.25) is 0 Å². The van der Waals surface area contributed by atoms with E-state index < -0.39 is 0 Å². The fourth-order valence-corrected chi connectivity index (χ4v) is 4.84. The molecule has 0 saturated carbocycles. The molecule has 2 atom stereocenters. The maximum atomic E-state index is 12.5. The molecule has 1 fully saturated rings. The first-order valence-electron chi connectivity index (χ1n) is 12.3. The van der Waals surface area contributed by atoms with Crippen molar-refractivity contribution in [3.05, 3.63) is 65.7 Å². The lowest BCUT2D eigenvalue weighted by molar-refractivity contribution is -0.127. The Morgan fingerprint density at radius 1 is 1.12 bits per heavy atom. The molecule has 2 aliphatic rings. The van der Waals surface area contributed by atoms with Gasteiger partial charge in [-0.25, -0.2) is 0 Å². The Morgan fingerprint density at radius 2 is 1.88 bits per heavy atom. The number of para-hydroxylation sites is 1. The minimum absolute atomic E-state index is 0. The third-order valence-electron chi connectivity index (χ3n) is 6.68. The van der Waals surface area contributed by atoms with Crippen molar-refractivity contribution in [2.24, 2.45) is 10.9 Å². The smallest absolute Gasteiger partial charge is 0.223 e. The molecule has 0 bridgehead atoms. The molecule has 0 aliphatic carbocycles. The van der Waals surface area contributed by atoms with Gasteiger partial charge in [-0.15, -0.1) is 24.0 Å². The van der Waals surface area contributed by atoms with Gasteiger partial charge in [-0.3, -0.25) is 9.79 Å². The van der Waals surface area contributed by atoms with E-state index in [9.17, 15) is 4.79 Å². The quantitative estimate of drug-likeness (QED) is 0.272. The van der Waals surface area contributed by atoms with Gasteiger partial charge in [0.15, 0.2) is 5.96 Å². The largest absolute Gasteiger partial charge is 0.366 e. The average molecular weight is 576 g/mol. The summed E-state index contributed by atoms with van der Waals surface area (Å²) in [5, 5.41) is 6.85. The van der Waals surface area contributed by atoms with E-state index >= 15 is 0 Å². The Hall–Kier alpha value is -2.29. The summed E-state index contributed by atoms with van der Waals surface area (Å²) in [5.41, 5.74) is 4.06. The summed E-state index contributed by atoms with van der Waals surface area (Å²) in [6.07, 6.45) is 2.63. The van der Waals surface area contributed by atoms with E-state index in [2.05, 4.69) is 77.9 Å². The van der Waals surface area contributed by atoms with Crippen molar-refractivity contribution in [3.63, 3.8) is 0 Å². The second-order valence-electron chi connectivity index (χ2n) is 9.17. The van der Waals surface area contributed by atoms with E-state index in [0.717, 1.165) is 58.1 Å². The molecule has 2 heterocycles. The normalized spacial score (nSPS) is 18.5. The summed E-state index contributed by atoms with van der Waals surface area (Å²) in [5.74, 6) is 1.42.